The highest BCUT2D eigenvalue weighted by atomic mass is 35.5. The summed E-state index contributed by atoms with van der Waals surface area (Å²) >= 11 is 6.02. The topological polar surface area (TPSA) is 48.0 Å². The molecular weight excluding hydrogens is 366 g/mol. The number of carbonyl (C=O) groups excluding carboxylic acids is 1. The predicted molar refractivity (Wildman–Crippen MR) is 105 cm³/mol. The number of halogens is 1. The number of amides is 1. The van der Waals surface area contributed by atoms with E-state index in [4.69, 9.17) is 25.8 Å². The molecule has 1 unspecified atom stereocenters. The number of hydrogen-bond donors (Lipinski definition) is 0. The second-order valence-corrected chi connectivity index (χ2v) is 6.99. The Morgan fingerprint density at radius 1 is 1.15 bits per heavy atom. The fourth-order valence-electron chi connectivity index (χ4n) is 3.21. The van der Waals surface area contributed by atoms with E-state index in [9.17, 15) is 4.79 Å². The number of carbonyl (C=O) groups is 1. The van der Waals surface area contributed by atoms with Crippen LogP contribution in [0.1, 0.15) is 28.8 Å². The van der Waals surface area contributed by atoms with E-state index in [1.54, 1.807) is 32.4 Å². The van der Waals surface area contributed by atoms with Gasteiger partial charge in [0.05, 0.1) is 26.9 Å². The van der Waals surface area contributed by atoms with E-state index in [2.05, 4.69) is 0 Å². The molecule has 0 bridgehead atoms. The summed E-state index contributed by atoms with van der Waals surface area (Å²) in [6, 6.07) is 12.9. The van der Waals surface area contributed by atoms with Gasteiger partial charge in [0.1, 0.15) is 11.5 Å². The molecule has 27 heavy (non-hydrogen) atoms. The standard InChI is InChI=1S/C21H24ClNO4/c1-25-19-10-16(11-20(12-19)26-2)21(24)23-8-4-7-18(13-23)27-14-15-5-3-6-17(22)9-15/h3,5-6,9-12,18H,4,7-8,13-14H2,1-2H3. The van der Waals surface area contributed by atoms with Crippen LogP contribution in [0.5, 0.6) is 11.5 Å². The Kier molecular flexibility index (Phi) is 6.58. The summed E-state index contributed by atoms with van der Waals surface area (Å²) < 4.78 is 16.6. The number of ether oxygens (including phenoxy) is 3. The number of rotatable bonds is 6. The van der Waals surface area contributed by atoms with Crippen LogP contribution >= 0.6 is 11.6 Å². The molecule has 1 saturated heterocycles. The first-order valence-corrected chi connectivity index (χ1v) is 9.35. The smallest absolute Gasteiger partial charge is 0.254 e. The molecule has 2 aromatic carbocycles. The average Bonchev–Trinajstić information content (AvgIpc) is 2.71. The van der Waals surface area contributed by atoms with Crippen LogP contribution in [0.25, 0.3) is 0 Å². The molecule has 1 aliphatic heterocycles. The van der Waals surface area contributed by atoms with Crippen LogP contribution < -0.4 is 9.47 Å². The van der Waals surface area contributed by atoms with Gasteiger partial charge in [-0.3, -0.25) is 4.79 Å². The third kappa shape index (κ3) is 5.15. The highest BCUT2D eigenvalue weighted by Gasteiger charge is 2.25. The molecule has 1 aliphatic rings. The molecule has 0 N–H and O–H groups in total. The lowest BCUT2D eigenvalue weighted by Crippen LogP contribution is -2.43. The van der Waals surface area contributed by atoms with Gasteiger partial charge in [-0.15, -0.1) is 0 Å². The Morgan fingerprint density at radius 2 is 1.89 bits per heavy atom. The summed E-state index contributed by atoms with van der Waals surface area (Å²) in [5, 5.41) is 0.698. The zero-order valence-electron chi connectivity index (χ0n) is 15.6. The first-order valence-electron chi connectivity index (χ1n) is 8.97. The van der Waals surface area contributed by atoms with Gasteiger partial charge < -0.3 is 19.1 Å². The number of nitrogens with zero attached hydrogens (tertiary/aromatic N) is 1. The van der Waals surface area contributed by atoms with Crippen molar-refractivity contribution in [2.24, 2.45) is 0 Å². The Labute approximate surface area is 164 Å². The fourth-order valence-corrected chi connectivity index (χ4v) is 3.43. The van der Waals surface area contributed by atoms with Crippen molar-refractivity contribution in [1.82, 2.24) is 4.90 Å². The third-order valence-corrected chi connectivity index (χ3v) is 4.87. The number of likely N-dealkylation sites (tertiary alicyclic amines) is 1. The number of methoxy groups -OCH3 is 2. The summed E-state index contributed by atoms with van der Waals surface area (Å²) in [6.07, 6.45) is 1.85. The summed E-state index contributed by atoms with van der Waals surface area (Å²) in [5.74, 6) is 1.16. The minimum atomic E-state index is -0.0387. The normalized spacial score (nSPS) is 16.9. The van der Waals surface area contributed by atoms with Crippen LogP contribution in [0, 0.1) is 0 Å². The quantitative estimate of drug-likeness (QED) is 0.743. The van der Waals surface area contributed by atoms with Gasteiger partial charge in [0, 0.05) is 29.7 Å². The Morgan fingerprint density at radius 3 is 2.56 bits per heavy atom. The molecule has 1 atom stereocenters. The van der Waals surface area contributed by atoms with E-state index >= 15 is 0 Å². The van der Waals surface area contributed by atoms with Crippen molar-refractivity contribution >= 4 is 17.5 Å². The van der Waals surface area contributed by atoms with Gasteiger partial charge in [-0.25, -0.2) is 0 Å². The highest BCUT2D eigenvalue weighted by molar-refractivity contribution is 6.30. The van der Waals surface area contributed by atoms with Crippen LogP contribution in [0.3, 0.4) is 0 Å². The van der Waals surface area contributed by atoms with E-state index in [1.165, 1.54) is 0 Å². The van der Waals surface area contributed by atoms with Gasteiger partial charge in [0.25, 0.3) is 5.91 Å². The van der Waals surface area contributed by atoms with Crippen LogP contribution in [-0.2, 0) is 11.3 Å². The van der Waals surface area contributed by atoms with Crippen LogP contribution in [-0.4, -0.2) is 44.2 Å². The molecule has 0 aromatic heterocycles. The maximum Gasteiger partial charge on any atom is 0.254 e. The molecule has 0 spiro atoms. The number of piperidine rings is 1. The van der Waals surface area contributed by atoms with Crippen molar-refractivity contribution < 1.29 is 19.0 Å². The predicted octanol–water partition coefficient (Wildman–Crippen LogP) is 4.18. The maximum atomic E-state index is 12.9. The third-order valence-electron chi connectivity index (χ3n) is 4.64. The zero-order chi connectivity index (χ0) is 19.2. The van der Waals surface area contributed by atoms with Gasteiger partial charge in [0.15, 0.2) is 0 Å². The fraction of sp³-hybridized carbons (Fsp3) is 0.381. The van der Waals surface area contributed by atoms with Crippen molar-refractivity contribution in [2.75, 3.05) is 27.3 Å². The lowest BCUT2D eigenvalue weighted by atomic mass is 10.1. The van der Waals surface area contributed by atoms with Crippen LogP contribution in [0.15, 0.2) is 42.5 Å². The van der Waals surface area contributed by atoms with Gasteiger partial charge in [-0.2, -0.15) is 0 Å². The lowest BCUT2D eigenvalue weighted by molar-refractivity contribution is -0.00673. The van der Waals surface area contributed by atoms with Gasteiger partial charge in [-0.05, 0) is 42.7 Å². The molecule has 5 nitrogen and oxygen atoms in total. The molecule has 1 fully saturated rings. The first kappa shape index (κ1) is 19.5. The molecule has 144 valence electrons. The molecule has 1 amide bonds. The minimum Gasteiger partial charge on any atom is -0.497 e. The van der Waals surface area contributed by atoms with E-state index in [-0.39, 0.29) is 12.0 Å². The van der Waals surface area contributed by atoms with Crippen molar-refractivity contribution in [2.45, 2.75) is 25.6 Å². The largest absolute Gasteiger partial charge is 0.497 e. The summed E-state index contributed by atoms with van der Waals surface area (Å²) in [7, 11) is 3.15. The number of benzene rings is 2. The maximum absolute atomic E-state index is 12.9. The van der Waals surface area contributed by atoms with Crippen molar-refractivity contribution in [1.29, 1.82) is 0 Å². The summed E-state index contributed by atoms with van der Waals surface area (Å²) in [6.45, 7) is 1.77. The molecule has 0 saturated carbocycles. The molecule has 6 heteroatoms. The second kappa shape index (κ2) is 9.11. The van der Waals surface area contributed by atoms with Crippen molar-refractivity contribution in [3.05, 3.63) is 58.6 Å². The van der Waals surface area contributed by atoms with E-state index in [0.29, 0.717) is 35.2 Å². The van der Waals surface area contributed by atoms with Crippen LogP contribution in [0.2, 0.25) is 5.02 Å². The minimum absolute atomic E-state index is 0.00850. The number of hydrogen-bond acceptors (Lipinski definition) is 4. The monoisotopic (exact) mass is 389 g/mol. The Balaban J connectivity index is 1.64. The van der Waals surface area contributed by atoms with E-state index in [1.807, 2.05) is 29.2 Å². The highest BCUT2D eigenvalue weighted by Crippen LogP contribution is 2.25. The lowest BCUT2D eigenvalue weighted by Gasteiger charge is -2.33. The SMILES string of the molecule is COc1cc(OC)cc(C(=O)N2CCCC(OCc3cccc(Cl)c3)C2)c1. The first-order chi connectivity index (χ1) is 13.1. The summed E-state index contributed by atoms with van der Waals surface area (Å²) in [4.78, 5) is 14.8. The van der Waals surface area contributed by atoms with Crippen LogP contribution in [0.4, 0.5) is 0 Å². The van der Waals surface area contributed by atoms with Crippen molar-refractivity contribution in [3.8, 4) is 11.5 Å². The molecular formula is C21H24ClNO4. The zero-order valence-corrected chi connectivity index (χ0v) is 16.4. The van der Waals surface area contributed by atoms with Gasteiger partial charge >= 0.3 is 0 Å². The van der Waals surface area contributed by atoms with Gasteiger partial charge in [0.2, 0.25) is 0 Å². The van der Waals surface area contributed by atoms with E-state index < -0.39 is 0 Å². The summed E-state index contributed by atoms with van der Waals surface area (Å²) in [5.41, 5.74) is 1.59. The van der Waals surface area contributed by atoms with E-state index in [0.717, 1.165) is 24.9 Å². The average molecular weight is 390 g/mol. The second-order valence-electron chi connectivity index (χ2n) is 6.56. The molecule has 1 heterocycles. The van der Waals surface area contributed by atoms with Crippen molar-refractivity contribution in [3.63, 3.8) is 0 Å². The molecule has 2 aromatic rings. The Hall–Kier alpha value is -2.24. The molecule has 3 rings (SSSR count). The molecule has 0 radical (unpaired) electrons. The Bertz CT molecular complexity index is 773. The van der Waals surface area contributed by atoms with Gasteiger partial charge in [-0.1, -0.05) is 23.7 Å². The molecule has 0 aliphatic carbocycles.